The van der Waals surface area contributed by atoms with Crippen molar-refractivity contribution in [3.8, 4) is 0 Å². The van der Waals surface area contributed by atoms with Gasteiger partial charge in [-0.3, -0.25) is 10.1 Å². The molecule has 0 bridgehead atoms. The molecule has 1 atom stereocenters. The van der Waals surface area contributed by atoms with E-state index in [1.165, 1.54) is 32.9 Å². The zero-order chi connectivity index (χ0) is 24.2. The molecule has 0 radical (unpaired) electrons. The zero-order valence-electron chi connectivity index (χ0n) is 17.9. The molecule has 5 N–H and O–H groups in total. The summed E-state index contributed by atoms with van der Waals surface area (Å²) in [7, 11) is 0. The molecule has 0 saturated heterocycles. The van der Waals surface area contributed by atoms with Crippen LogP contribution in [-0.4, -0.2) is 27.9 Å². The van der Waals surface area contributed by atoms with E-state index >= 15 is 0 Å². The molecule has 9 heteroatoms. The average molecular weight is 444 g/mol. The summed E-state index contributed by atoms with van der Waals surface area (Å²) in [4.78, 5) is 11.6. The summed E-state index contributed by atoms with van der Waals surface area (Å²) < 4.78 is 55.3. The molecule has 1 amide bonds. The summed E-state index contributed by atoms with van der Waals surface area (Å²) in [5.74, 6) is -1.93. The van der Waals surface area contributed by atoms with Gasteiger partial charge in [-0.2, -0.15) is 13.2 Å². The minimum Gasteiger partial charge on any atom is -0.495 e. The van der Waals surface area contributed by atoms with E-state index in [1.807, 2.05) is 5.32 Å². The summed E-state index contributed by atoms with van der Waals surface area (Å²) in [6.45, 7) is 9.13. The number of hydrogen-bond donors (Lipinski definition) is 4. The number of nitrogens with one attached hydrogen (secondary N) is 1. The maximum atomic E-state index is 13.9. The van der Waals surface area contributed by atoms with Crippen molar-refractivity contribution in [2.45, 2.75) is 57.7 Å². The van der Waals surface area contributed by atoms with Crippen LogP contribution in [0.1, 0.15) is 44.7 Å². The van der Waals surface area contributed by atoms with Crippen LogP contribution in [0.4, 0.5) is 17.6 Å². The van der Waals surface area contributed by atoms with Crippen molar-refractivity contribution in [1.82, 2.24) is 5.32 Å². The Morgan fingerprint density at radius 2 is 1.84 bits per heavy atom. The number of carbonyl (C=O) groups is 1. The van der Waals surface area contributed by atoms with Crippen molar-refractivity contribution in [2.75, 3.05) is 0 Å². The fraction of sp³-hybridized carbons (Fsp3) is 0.409. The van der Waals surface area contributed by atoms with Gasteiger partial charge in [0.25, 0.3) is 5.91 Å². The Bertz CT molecular complexity index is 905. The molecule has 0 spiro atoms. The molecule has 0 heterocycles. The van der Waals surface area contributed by atoms with E-state index in [4.69, 9.17) is 10.8 Å². The van der Waals surface area contributed by atoms with Crippen LogP contribution in [0, 0.1) is 12.7 Å². The summed E-state index contributed by atoms with van der Waals surface area (Å²) in [6, 6.07) is 3.84. The molecule has 1 aromatic rings. The number of amides is 1. The van der Waals surface area contributed by atoms with Crippen LogP contribution < -0.4 is 11.1 Å². The number of allylic oxidation sites excluding steroid dienone is 2. The first-order chi connectivity index (χ1) is 14.0. The molecule has 0 saturated carbocycles. The molecule has 1 aromatic carbocycles. The highest BCUT2D eigenvalue weighted by Gasteiger charge is 2.56. The van der Waals surface area contributed by atoms with Crippen molar-refractivity contribution in [1.29, 1.82) is 0 Å². The molecule has 1 unspecified atom stereocenters. The third-order valence-corrected chi connectivity index (χ3v) is 4.73. The summed E-state index contributed by atoms with van der Waals surface area (Å²) in [5, 5.41) is 21.5. The van der Waals surface area contributed by atoms with E-state index in [0.717, 1.165) is 18.2 Å². The van der Waals surface area contributed by atoms with Gasteiger partial charge in [-0.25, -0.2) is 4.39 Å². The van der Waals surface area contributed by atoms with Crippen LogP contribution in [0.2, 0.25) is 0 Å². The van der Waals surface area contributed by atoms with Gasteiger partial charge in [0.05, 0.1) is 0 Å². The summed E-state index contributed by atoms with van der Waals surface area (Å²) >= 11 is 0. The molecule has 0 aliphatic carbocycles. The van der Waals surface area contributed by atoms with Crippen LogP contribution >= 0.6 is 0 Å². The van der Waals surface area contributed by atoms with Gasteiger partial charge in [0.15, 0.2) is 11.5 Å². The predicted octanol–water partition coefficient (Wildman–Crippen LogP) is 4.42. The fourth-order valence-electron chi connectivity index (χ4n) is 3.52. The van der Waals surface area contributed by atoms with Crippen molar-refractivity contribution in [3.05, 3.63) is 71.0 Å². The normalized spacial score (nSPS) is 15.4. The van der Waals surface area contributed by atoms with E-state index in [0.29, 0.717) is 11.1 Å². The Hall–Kier alpha value is -2.81. The van der Waals surface area contributed by atoms with Crippen LogP contribution in [0.3, 0.4) is 0 Å². The van der Waals surface area contributed by atoms with Gasteiger partial charge in [0.2, 0.25) is 0 Å². The lowest BCUT2D eigenvalue weighted by atomic mass is 9.72. The first kappa shape index (κ1) is 26.2. The topological polar surface area (TPSA) is 95.6 Å². The Morgan fingerprint density at radius 1 is 1.26 bits per heavy atom. The van der Waals surface area contributed by atoms with Gasteiger partial charge >= 0.3 is 6.18 Å². The van der Waals surface area contributed by atoms with Gasteiger partial charge in [-0.15, -0.1) is 0 Å². The Labute approximate surface area is 179 Å². The van der Waals surface area contributed by atoms with Crippen LogP contribution in [-0.2, 0) is 10.2 Å². The van der Waals surface area contributed by atoms with Crippen LogP contribution in [0.25, 0.3) is 0 Å². The molecule has 5 nitrogen and oxygen atoms in total. The van der Waals surface area contributed by atoms with Crippen molar-refractivity contribution in [3.63, 3.8) is 0 Å². The second-order valence-corrected chi connectivity index (χ2v) is 8.27. The monoisotopic (exact) mass is 444 g/mol. The number of aliphatic hydroxyl groups excluding tert-OH is 1. The predicted molar refractivity (Wildman–Crippen MR) is 110 cm³/mol. The molecular weight excluding hydrogens is 416 g/mol. The smallest absolute Gasteiger partial charge is 0.417 e. The quantitative estimate of drug-likeness (QED) is 0.207. The van der Waals surface area contributed by atoms with Gasteiger partial charge in [-0.1, -0.05) is 19.9 Å². The lowest BCUT2D eigenvalue weighted by Gasteiger charge is -2.38. The number of aliphatic hydroxyl groups is 2. The Kier molecular flexibility index (Phi) is 8.08. The highest BCUT2D eigenvalue weighted by atomic mass is 19.4. The number of carbonyl (C=O) groups excluding carboxylic acids is 1. The number of hydrogen-bond acceptors (Lipinski definition) is 4. The van der Waals surface area contributed by atoms with E-state index < -0.39 is 47.6 Å². The lowest BCUT2D eigenvalue weighted by molar-refractivity contribution is -0.266. The highest BCUT2D eigenvalue weighted by Crippen LogP contribution is 2.44. The van der Waals surface area contributed by atoms with Gasteiger partial charge < -0.3 is 15.9 Å². The fourth-order valence-corrected chi connectivity index (χ4v) is 3.52. The van der Waals surface area contributed by atoms with E-state index in [1.54, 1.807) is 6.92 Å². The summed E-state index contributed by atoms with van der Waals surface area (Å²) in [6.07, 6.45) is -4.62. The maximum Gasteiger partial charge on any atom is 0.417 e. The maximum absolute atomic E-state index is 13.9. The number of halogens is 4. The standard InChI is InChI=1S/C22H28F4N2O3/c1-13(9-19(30)28-15(3)29)8-17(27)11-21(31,22(24,25)26)12-20(4,5)18-10-16(23)7-6-14(18)2/h6-10,29,31H,3,11-12,27H2,1-2,4-5H3,(H,28,30)/b13-9+,17-8-. The Morgan fingerprint density at radius 3 is 2.35 bits per heavy atom. The molecule has 0 aliphatic heterocycles. The van der Waals surface area contributed by atoms with Crippen LogP contribution in [0.15, 0.2) is 54.1 Å². The first-order valence-electron chi connectivity index (χ1n) is 9.36. The highest BCUT2D eigenvalue weighted by molar-refractivity contribution is 5.89. The molecule has 0 aliphatic rings. The molecule has 172 valence electrons. The number of aryl methyl sites for hydroxylation is 1. The number of alkyl halides is 3. The third-order valence-electron chi connectivity index (χ3n) is 4.73. The number of nitrogens with two attached hydrogens (primary N) is 1. The minimum absolute atomic E-state index is 0.195. The first-order valence-corrected chi connectivity index (χ1v) is 9.36. The number of benzene rings is 1. The Balaban J connectivity index is 3.22. The third kappa shape index (κ3) is 7.43. The van der Waals surface area contributed by atoms with E-state index in [9.17, 15) is 27.5 Å². The van der Waals surface area contributed by atoms with E-state index in [-0.39, 0.29) is 11.3 Å². The van der Waals surface area contributed by atoms with Crippen LogP contribution in [0.5, 0.6) is 0 Å². The largest absolute Gasteiger partial charge is 0.495 e. The summed E-state index contributed by atoms with van der Waals surface area (Å²) in [5.41, 5.74) is 2.14. The molecule has 1 rings (SSSR count). The SMILES string of the molecule is C=C(O)NC(=O)/C=C(C)/C=C(\N)CC(O)(CC(C)(C)c1cc(F)ccc1C)C(F)(F)F. The second kappa shape index (κ2) is 9.55. The van der Waals surface area contributed by atoms with E-state index in [2.05, 4.69) is 6.58 Å². The van der Waals surface area contributed by atoms with Gasteiger partial charge in [-0.05, 0) is 67.2 Å². The molecule has 31 heavy (non-hydrogen) atoms. The lowest BCUT2D eigenvalue weighted by Crippen LogP contribution is -2.50. The molecule has 0 aromatic heterocycles. The van der Waals surface area contributed by atoms with Crippen molar-refractivity contribution < 1.29 is 32.6 Å². The van der Waals surface area contributed by atoms with Crippen molar-refractivity contribution in [2.24, 2.45) is 5.73 Å². The zero-order valence-corrected chi connectivity index (χ0v) is 17.9. The molecular formula is C22H28F4N2O3. The van der Waals surface area contributed by atoms with Gasteiger partial charge in [0, 0.05) is 18.2 Å². The molecule has 0 fully saturated rings. The average Bonchev–Trinajstić information content (AvgIpc) is 2.53. The van der Waals surface area contributed by atoms with Gasteiger partial charge in [0.1, 0.15) is 5.82 Å². The van der Waals surface area contributed by atoms with Crippen molar-refractivity contribution >= 4 is 5.91 Å². The number of rotatable bonds is 8. The minimum atomic E-state index is -5.02. The second-order valence-electron chi connectivity index (χ2n) is 8.27.